The number of sulfonamides is 1. The molecule has 0 saturated heterocycles. The van der Waals surface area contributed by atoms with Gasteiger partial charge in [0.1, 0.15) is 0 Å². The van der Waals surface area contributed by atoms with Crippen LogP contribution >= 0.6 is 0 Å². The molecule has 1 unspecified atom stereocenters. The average molecular weight is 270 g/mol. The van der Waals surface area contributed by atoms with Gasteiger partial charge in [0.25, 0.3) is 0 Å². The number of aryl methyl sites for hydroxylation is 1. The predicted octanol–water partition coefficient (Wildman–Crippen LogP) is 2.39. The minimum absolute atomic E-state index is 0.00198. The highest BCUT2D eigenvalue weighted by Crippen LogP contribution is 2.22. The lowest BCUT2D eigenvalue weighted by Gasteiger charge is -2.24. The van der Waals surface area contributed by atoms with Crippen LogP contribution in [0.1, 0.15) is 32.3 Å². The van der Waals surface area contributed by atoms with Crippen LogP contribution in [-0.4, -0.2) is 25.8 Å². The summed E-state index contributed by atoms with van der Waals surface area (Å²) in [4.78, 5) is 0.305. The van der Waals surface area contributed by atoms with Crippen LogP contribution in [-0.2, 0) is 10.0 Å². The normalized spacial score (nSPS) is 13.8. The van der Waals surface area contributed by atoms with Gasteiger partial charge in [-0.1, -0.05) is 13.3 Å². The molecule has 0 fully saturated rings. The van der Waals surface area contributed by atoms with Crippen molar-refractivity contribution in [2.75, 3.05) is 12.8 Å². The molecular weight excluding hydrogens is 248 g/mol. The molecule has 5 heteroatoms. The smallest absolute Gasteiger partial charge is 0.243 e. The first-order valence-electron chi connectivity index (χ1n) is 6.14. The van der Waals surface area contributed by atoms with Crippen molar-refractivity contribution in [3.63, 3.8) is 0 Å². The Kier molecular flexibility index (Phi) is 4.76. The Morgan fingerprint density at radius 3 is 2.50 bits per heavy atom. The van der Waals surface area contributed by atoms with E-state index in [1.54, 1.807) is 25.2 Å². The first-order valence-corrected chi connectivity index (χ1v) is 7.58. The lowest BCUT2D eigenvalue weighted by atomic mass is 10.2. The van der Waals surface area contributed by atoms with Gasteiger partial charge in [0.2, 0.25) is 10.0 Å². The molecule has 0 bridgehead atoms. The minimum atomic E-state index is -3.42. The topological polar surface area (TPSA) is 63.4 Å². The molecule has 1 rings (SSSR count). The highest BCUT2D eigenvalue weighted by molar-refractivity contribution is 7.89. The molecule has 1 aromatic rings. The second-order valence-corrected chi connectivity index (χ2v) is 6.67. The molecule has 4 nitrogen and oxygen atoms in total. The van der Waals surface area contributed by atoms with Crippen molar-refractivity contribution in [2.45, 2.75) is 44.6 Å². The number of hydrogen-bond donors (Lipinski definition) is 1. The third-order valence-electron chi connectivity index (χ3n) is 3.25. The van der Waals surface area contributed by atoms with E-state index in [0.717, 1.165) is 18.4 Å². The van der Waals surface area contributed by atoms with Gasteiger partial charge in [-0.05, 0) is 44.0 Å². The zero-order chi connectivity index (χ0) is 13.9. The fourth-order valence-corrected chi connectivity index (χ4v) is 3.29. The SMILES string of the molecule is CCCC(C)N(C)S(=O)(=O)c1ccc(N)c(C)c1. The molecule has 0 heterocycles. The summed E-state index contributed by atoms with van der Waals surface area (Å²) >= 11 is 0. The molecule has 1 atom stereocenters. The number of nitrogens with two attached hydrogens (primary N) is 1. The van der Waals surface area contributed by atoms with E-state index in [-0.39, 0.29) is 6.04 Å². The number of benzene rings is 1. The van der Waals surface area contributed by atoms with Crippen molar-refractivity contribution in [3.05, 3.63) is 23.8 Å². The number of nitrogen functional groups attached to an aromatic ring is 1. The number of anilines is 1. The van der Waals surface area contributed by atoms with E-state index < -0.39 is 10.0 Å². The lowest BCUT2D eigenvalue weighted by molar-refractivity contribution is 0.368. The van der Waals surface area contributed by atoms with E-state index in [4.69, 9.17) is 5.73 Å². The quantitative estimate of drug-likeness (QED) is 0.836. The Hall–Kier alpha value is -1.07. The highest BCUT2D eigenvalue weighted by Gasteiger charge is 2.24. The first-order chi connectivity index (χ1) is 8.30. The second-order valence-electron chi connectivity index (χ2n) is 4.68. The maximum Gasteiger partial charge on any atom is 0.243 e. The van der Waals surface area contributed by atoms with Crippen LogP contribution < -0.4 is 5.73 Å². The summed E-state index contributed by atoms with van der Waals surface area (Å²) in [5.41, 5.74) is 7.10. The summed E-state index contributed by atoms with van der Waals surface area (Å²) in [5, 5.41) is 0. The summed E-state index contributed by atoms with van der Waals surface area (Å²) < 4.78 is 26.2. The molecule has 0 saturated carbocycles. The molecule has 0 aliphatic rings. The third-order valence-corrected chi connectivity index (χ3v) is 5.21. The summed E-state index contributed by atoms with van der Waals surface area (Å²) in [6.07, 6.45) is 1.81. The Labute approximate surface area is 110 Å². The predicted molar refractivity (Wildman–Crippen MR) is 74.9 cm³/mol. The molecule has 0 aromatic heterocycles. The van der Waals surface area contributed by atoms with E-state index >= 15 is 0 Å². The summed E-state index contributed by atoms with van der Waals surface area (Å²) in [5.74, 6) is 0. The van der Waals surface area contributed by atoms with Crippen molar-refractivity contribution in [1.82, 2.24) is 4.31 Å². The fourth-order valence-electron chi connectivity index (χ4n) is 1.81. The molecule has 0 aliphatic carbocycles. The van der Waals surface area contributed by atoms with Crippen LogP contribution in [0.4, 0.5) is 5.69 Å². The minimum Gasteiger partial charge on any atom is -0.399 e. The standard InChI is InChI=1S/C13H22N2O2S/c1-5-6-11(3)15(4)18(16,17)12-7-8-13(14)10(2)9-12/h7-9,11H,5-6,14H2,1-4H3. The zero-order valence-corrected chi connectivity index (χ0v) is 12.3. The van der Waals surface area contributed by atoms with Gasteiger partial charge in [-0.25, -0.2) is 8.42 Å². The van der Waals surface area contributed by atoms with Gasteiger partial charge in [0.15, 0.2) is 0 Å². The van der Waals surface area contributed by atoms with Crippen LogP contribution in [0.5, 0.6) is 0 Å². The zero-order valence-electron chi connectivity index (χ0n) is 11.5. The van der Waals surface area contributed by atoms with E-state index in [0.29, 0.717) is 10.6 Å². The van der Waals surface area contributed by atoms with Gasteiger partial charge in [-0.15, -0.1) is 0 Å². The Morgan fingerprint density at radius 2 is 2.00 bits per heavy atom. The molecule has 18 heavy (non-hydrogen) atoms. The molecule has 0 aliphatic heterocycles. The fraction of sp³-hybridized carbons (Fsp3) is 0.538. The maximum atomic E-state index is 12.4. The Balaban J connectivity index is 3.09. The highest BCUT2D eigenvalue weighted by atomic mass is 32.2. The molecule has 0 amide bonds. The van der Waals surface area contributed by atoms with Gasteiger partial charge in [0.05, 0.1) is 4.90 Å². The monoisotopic (exact) mass is 270 g/mol. The largest absolute Gasteiger partial charge is 0.399 e. The maximum absolute atomic E-state index is 12.4. The summed E-state index contributed by atoms with van der Waals surface area (Å²) in [7, 11) is -1.80. The van der Waals surface area contributed by atoms with Gasteiger partial charge < -0.3 is 5.73 Å². The van der Waals surface area contributed by atoms with Crippen molar-refractivity contribution >= 4 is 15.7 Å². The average Bonchev–Trinajstić information content (AvgIpc) is 2.31. The second kappa shape index (κ2) is 5.71. The third kappa shape index (κ3) is 3.03. The summed E-state index contributed by atoms with van der Waals surface area (Å²) in [6.45, 7) is 5.78. The molecular formula is C13H22N2O2S. The van der Waals surface area contributed by atoms with Crippen molar-refractivity contribution in [3.8, 4) is 0 Å². The van der Waals surface area contributed by atoms with E-state index in [1.165, 1.54) is 4.31 Å². The van der Waals surface area contributed by atoms with Gasteiger partial charge >= 0.3 is 0 Å². The molecule has 0 radical (unpaired) electrons. The van der Waals surface area contributed by atoms with Crippen molar-refractivity contribution in [1.29, 1.82) is 0 Å². The van der Waals surface area contributed by atoms with Crippen molar-refractivity contribution in [2.24, 2.45) is 0 Å². The first kappa shape index (κ1) is 15.0. The Bertz CT molecular complexity index is 512. The van der Waals surface area contributed by atoms with E-state index in [2.05, 4.69) is 0 Å². The molecule has 0 spiro atoms. The van der Waals surface area contributed by atoms with Gasteiger partial charge in [-0.3, -0.25) is 0 Å². The van der Waals surface area contributed by atoms with Crippen molar-refractivity contribution < 1.29 is 8.42 Å². The van der Waals surface area contributed by atoms with Gasteiger partial charge in [-0.2, -0.15) is 4.31 Å². The van der Waals surface area contributed by atoms with E-state index in [1.807, 2.05) is 20.8 Å². The summed E-state index contributed by atoms with van der Waals surface area (Å²) in [6, 6.07) is 4.82. The van der Waals surface area contributed by atoms with Crippen LogP contribution in [0.15, 0.2) is 23.1 Å². The molecule has 2 N–H and O–H groups in total. The number of nitrogens with zero attached hydrogens (tertiary/aromatic N) is 1. The lowest BCUT2D eigenvalue weighted by Crippen LogP contribution is -2.35. The van der Waals surface area contributed by atoms with Crippen LogP contribution in [0, 0.1) is 6.92 Å². The number of rotatable bonds is 5. The van der Waals surface area contributed by atoms with Crippen LogP contribution in [0.3, 0.4) is 0 Å². The molecule has 102 valence electrons. The van der Waals surface area contributed by atoms with E-state index in [9.17, 15) is 8.42 Å². The van der Waals surface area contributed by atoms with Gasteiger partial charge in [0, 0.05) is 18.8 Å². The van der Waals surface area contributed by atoms with Crippen LogP contribution in [0.25, 0.3) is 0 Å². The van der Waals surface area contributed by atoms with Crippen LogP contribution in [0.2, 0.25) is 0 Å². The number of hydrogen-bond acceptors (Lipinski definition) is 3. The Morgan fingerprint density at radius 1 is 1.39 bits per heavy atom. The molecule has 1 aromatic carbocycles.